The number of alkyl halides is 1. The fourth-order valence-corrected chi connectivity index (χ4v) is 5.20. The van der Waals surface area contributed by atoms with Crippen molar-refractivity contribution in [3.63, 3.8) is 0 Å². The van der Waals surface area contributed by atoms with Crippen molar-refractivity contribution < 1.29 is 22.7 Å². The molecule has 2 aromatic carbocycles. The number of sulfonamides is 1. The molecule has 0 aromatic heterocycles. The zero-order valence-electron chi connectivity index (χ0n) is 20.2. The molecule has 3 N–H and O–H groups in total. The molecule has 0 bridgehead atoms. The SMILES string of the molecule is CN1CCN(CCS(=O)(=O)Nc2cc(NC(=O)C3(F)C=CC(c4ccccc4)=CC3)ccc2O)CC1. The van der Waals surface area contributed by atoms with Gasteiger partial charge < -0.3 is 15.3 Å². The van der Waals surface area contributed by atoms with Crippen LogP contribution in [-0.4, -0.2) is 80.4 Å². The Morgan fingerprint density at radius 2 is 1.83 bits per heavy atom. The summed E-state index contributed by atoms with van der Waals surface area (Å²) in [7, 11) is -1.73. The van der Waals surface area contributed by atoms with Crippen molar-refractivity contribution in [1.82, 2.24) is 9.80 Å². The standard InChI is InChI=1S/C26H31FN4O4S/c1-30-13-15-31(16-14-30)17-18-36(34,35)29-23-19-22(7-8-24(23)32)28-25(33)26(27)11-9-21(10-12-26)20-5-3-2-4-6-20/h2-11,19,29,32H,12-18H2,1H3,(H,28,33). The van der Waals surface area contributed by atoms with Gasteiger partial charge >= 0.3 is 0 Å². The van der Waals surface area contributed by atoms with Crippen LogP contribution in [0.1, 0.15) is 12.0 Å². The van der Waals surface area contributed by atoms with Gasteiger partial charge in [-0.05, 0) is 42.5 Å². The number of benzene rings is 2. The highest BCUT2D eigenvalue weighted by molar-refractivity contribution is 7.92. The predicted octanol–water partition coefficient (Wildman–Crippen LogP) is 3.07. The number of piperazine rings is 1. The zero-order chi connectivity index (χ0) is 25.8. The van der Waals surface area contributed by atoms with Crippen LogP contribution in [0.15, 0.2) is 66.8 Å². The van der Waals surface area contributed by atoms with Gasteiger partial charge in [-0.3, -0.25) is 14.4 Å². The minimum Gasteiger partial charge on any atom is -0.506 e. The Labute approximate surface area is 211 Å². The number of allylic oxidation sites excluding steroid dienone is 3. The summed E-state index contributed by atoms with van der Waals surface area (Å²) in [6, 6.07) is 13.4. The lowest BCUT2D eigenvalue weighted by atomic mass is 9.90. The van der Waals surface area contributed by atoms with Crippen LogP contribution in [0.5, 0.6) is 5.75 Å². The van der Waals surface area contributed by atoms with E-state index in [4.69, 9.17) is 0 Å². The summed E-state index contributed by atoms with van der Waals surface area (Å²) >= 11 is 0. The molecule has 4 rings (SSSR count). The summed E-state index contributed by atoms with van der Waals surface area (Å²) in [5, 5.41) is 12.7. The second kappa shape index (κ2) is 10.8. The third kappa shape index (κ3) is 6.51. The molecular formula is C26H31FN4O4S. The maximum absolute atomic E-state index is 15.4. The molecular weight excluding hydrogens is 483 g/mol. The lowest BCUT2D eigenvalue weighted by Crippen LogP contribution is -2.46. The maximum Gasteiger partial charge on any atom is 0.266 e. The summed E-state index contributed by atoms with van der Waals surface area (Å²) in [5.74, 6) is -1.31. The Morgan fingerprint density at radius 3 is 2.50 bits per heavy atom. The van der Waals surface area contributed by atoms with Gasteiger partial charge in [-0.2, -0.15) is 0 Å². The molecule has 2 aliphatic rings. The van der Waals surface area contributed by atoms with Crippen molar-refractivity contribution in [2.24, 2.45) is 0 Å². The summed E-state index contributed by atoms with van der Waals surface area (Å²) in [5.41, 5.74) is -0.408. The third-order valence-corrected chi connectivity index (χ3v) is 7.67. The first-order valence-electron chi connectivity index (χ1n) is 11.8. The molecule has 192 valence electrons. The number of aromatic hydroxyl groups is 1. The van der Waals surface area contributed by atoms with Crippen molar-refractivity contribution in [2.75, 3.05) is 55.6 Å². The lowest BCUT2D eigenvalue weighted by molar-refractivity contribution is -0.124. The van der Waals surface area contributed by atoms with E-state index in [1.165, 1.54) is 24.3 Å². The molecule has 36 heavy (non-hydrogen) atoms. The van der Waals surface area contributed by atoms with E-state index in [1.54, 1.807) is 12.2 Å². The number of nitrogens with one attached hydrogen (secondary N) is 2. The highest BCUT2D eigenvalue weighted by Gasteiger charge is 2.37. The first kappa shape index (κ1) is 25.9. The number of carbonyl (C=O) groups excluding carboxylic acids is 1. The number of halogens is 1. The van der Waals surface area contributed by atoms with Gasteiger partial charge in [0.2, 0.25) is 15.7 Å². The van der Waals surface area contributed by atoms with E-state index in [2.05, 4.69) is 19.8 Å². The van der Waals surface area contributed by atoms with Gasteiger partial charge in [0.1, 0.15) is 5.75 Å². The Morgan fingerprint density at radius 1 is 1.11 bits per heavy atom. The molecule has 0 radical (unpaired) electrons. The number of nitrogens with zero attached hydrogens (tertiary/aromatic N) is 2. The smallest absolute Gasteiger partial charge is 0.266 e. The molecule has 1 aliphatic carbocycles. The Balaban J connectivity index is 1.37. The number of carbonyl (C=O) groups is 1. The predicted molar refractivity (Wildman–Crippen MR) is 140 cm³/mol. The minimum atomic E-state index is -3.75. The topological polar surface area (TPSA) is 102 Å². The van der Waals surface area contributed by atoms with Gasteiger partial charge in [-0.25, -0.2) is 12.8 Å². The molecule has 1 aliphatic heterocycles. The van der Waals surface area contributed by atoms with Crippen LogP contribution in [0.25, 0.3) is 5.57 Å². The van der Waals surface area contributed by atoms with Crippen LogP contribution in [0.2, 0.25) is 0 Å². The maximum atomic E-state index is 15.4. The highest BCUT2D eigenvalue weighted by atomic mass is 32.2. The number of phenols is 1. The molecule has 1 saturated heterocycles. The summed E-state index contributed by atoms with van der Waals surface area (Å²) in [4.78, 5) is 17.0. The zero-order valence-corrected chi connectivity index (χ0v) is 21.0. The van der Waals surface area contributed by atoms with Crippen LogP contribution in [0, 0.1) is 0 Å². The van der Waals surface area contributed by atoms with Gasteiger partial charge in [-0.15, -0.1) is 0 Å². The third-order valence-electron chi connectivity index (χ3n) is 6.42. The van der Waals surface area contributed by atoms with Crippen LogP contribution in [0.4, 0.5) is 15.8 Å². The quantitative estimate of drug-likeness (QED) is 0.370. The average Bonchev–Trinajstić information content (AvgIpc) is 2.86. The van der Waals surface area contributed by atoms with Gasteiger partial charge in [0.05, 0.1) is 11.4 Å². The van der Waals surface area contributed by atoms with Gasteiger partial charge in [-0.1, -0.05) is 42.5 Å². The number of phenolic OH excluding ortho intramolecular Hbond substituents is 1. The molecule has 0 spiro atoms. The minimum absolute atomic E-state index is 0.0791. The average molecular weight is 515 g/mol. The fourth-order valence-electron chi connectivity index (χ4n) is 4.10. The van der Waals surface area contributed by atoms with Gasteiger partial charge in [0.25, 0.3) is 5.91 Å². The van der Waals surface area contributed by atoms with Gasteiger partial charge in [0.15, 0.2) is 0 Å². The fraction of sp³-hybridized carbons (Fsp3) is 0.346. The number of amides is 1. The first-order chi connectivity index (χ1) is 17.1. The van der Waals surface area contributed by atoms with Crippen molar-refractivity contribution in [1.29, 1.82) is 0 Å². The van der Waals surface area contributed by atoms with Crippen LogP contribution in [-0.2, 0) is 14.8 Å². The summed E-state index contributed by atoms with van der Waals surface area (Å²) < 4.78 is 43.0. The number of anilines is 2. The normalized spacial score (nSPS) is 21.1. The number of hydrogen-bond donors (Lipinski definition) is 3. The Kier molecular flexibility index (Phi) is 7.77. The van der Waals surface area contributed by atoms with E-state index in [0.717, 1.165) is 37.3 Å². The molecule has 1 unspecified atom stereocenters. The number of likely N-dealkylation sites (N-methyl/N-ethyl adjacent to an activating group) is 1. The largest absolute Gasteiger partial charge is 0.506 e. The van der Waals surface area contributed by atoms with E-state index < -0.39 is 21.6 Å². The van der Waals surface area contributed by atoms with Gasteiger partial charge in [0, 0.05) is 44.8 Å². The summed E-state index contributed by atoms with van der Waals surface area (Å²) in [6.45, 7) is 3.71. The van der Waals surface area contributed by atoms with Crippen LogP contribution in [0.3, 0.4) is 0 Å². The molecule has 1 atom stereocenters. The molecule has 2 aromatic rings. The second-order valence-electron chi connectivity index (χ2n) is 9.18. The highest BCUT2D eigenvalue weighted by Crippen LogP contribution is 2.32. The number of hydrogen-bond acceptors (Lipinski definition) is 6. The molecule has 0 saturated carbocycles. The van der Waals surface area contributed by atoms with Crippen molar-refractivity contribution >= 4 is 32.9 Å². The number of rotatable bonds is 8. The van der Waals surface area contributed by atoms with E-state index in [0.29, 0.717) is 6.54 Å². The van der Waals surface area contributed by atoms with Crippen molar-refractivity contribution in [2.45, 2.75) is 12.1 Å². The molecule has 8 nitrogen and oxygen atoms in total. The van der Waals surface area contributed by atoms with Crippen molar-refractivity contribution in [3.8, 4) is 5.75 Å². The van der Waals surface area contributed by atoms with Crippen LogP contribution < -0.4 is 10.0 Å². The van der Waals surface area contributed by atoms with E-state index >= 15 is 4.39 Å². The molecule has 1 heterocycles. The molecule has 1 fully saturated rings. The summed E-state index contributed by atoms with van der Waals surface area (Å²) in [6.07, 6.45) is 4.34. The molecule has 10 heteroatoms. The first-order valence-corrected chi connectivity index (χ1v) is 13.5. The molecule has 1 amide bonds. The second-order valence-corrected chi connectivity index (χ2v) is 11.0. The Bertz CT molecular complexity index is 1260. The van der Waals surface area contributed by atoms with E-state index in [9.17, 15) is 18.3 Å². The van der Waals surface area contributed by atoms with E-state index in [-0.39, 0.29) is 29.3 Å². The monoisotopic (exact) mass is 514 g/mol. The van der Waals surface area contributed by atoms with Crippen LogP contribution >= 0.6 is 0 Å². The van der Waals surface area contributed by atoms with Crippen molar-refractivity contribution in [3.05, 3.63) is 72.3 Å². The Hall–Kier alpha value is -3.21. The lowest BCUT2D eigenvalue weighted by Gasteiger charge is -2.32. The van der Waals surface area contributed by atoms with E-state index in [1.807, 2.05) is 37.4 Å².